The van der Waals surface area contributed by atoms with Crippen LogP contribution in [0, 0.1) is 0 Å². The molecule has 0 aromatic carbocycles. The lowest BCUT2D eigenvalue weighted by atomic mass is 10.1. The fourth-order valence-corrected chi connectivity index (χ4v) is 3.43. The average molecular weight is 276 g/mol. The lowest BCUT2D eigenvalue weighted by molar-refractivity contribution is -0.113. The van der Waals surface area contributed by atoms with Gasteiger partial charge >= 0.3 is 0 Å². The Kier molecular flexibility index (Phi) is 3.46. The molecular weight excluding hydrogens is 260 g/mol. The van der Waals surface area contributed by atoms with Gasteiger partial charge in [0, 0.05) is 18.7 Å². The lowest BCUT2D eigenvalue weighted by Crippen LogP contribution is -2.40. The first-order chi connectivity index (χ1) is 9.24. The molecule has 19 heavy (non-hydrogen) atoms. The minimum absolute atomic E-state index is 0.158. The maximum Gasteiger partial charge on any atom is 0.286 e. The van der Waals surface area contributed by atoms with E-state index in [4.69, 9.17) is 4.42 Å². The predicted octanol–water partition coefficient (Wildman–Crippen LogP) is 3.12. The van der Waals surface area contributed by atoms with Gasteiger partial charge in [-0.3, -0.25) is 4.79 Å². The van der Waals surface area contributed by atoms with Gasteiger partial charge in [-0.05, 0) is 50.1 Å². The second kappa shape index (κ2) is 5.25. The third kappa shape index (κ3) is 2.61. The van der Waals surface area contributed by atoms with E-state index in [1.807, 2.05) is 12.1 Å². The van der Waals surface area contributed by atoms with E-state index in [1.54, 1.807) is 12.3 Å². The maximum absolute atomic E-state index is 11.9. The summed E-state index contributed by atoms with van der Waals surface area (Å²) in [6.07, 6.45) is 6.97. The molecule has 0 saturated carbocycles. The van der Waals surface area contributed by atoms with E-state index in [2.05, 4.69) is 16.8 Å². The molecule has 1 atom stereocenters. The molecule has 0 unspecified atom stereocenters. The van der Waals surface area contributed by atoms with Crippen LogP contribution in [0.4, 0.5) is 0 Å². The smallest absolute Gasteiger partial charge is 0.286 e. The zero-order valence-electron chi connectivity index (χ0n) is 10.8. The molecule has 3 rings (SSSR count). The quantitative estimate of drug-likeness (QED) is 0.739. The molecule has 0 spiro atoms. The maximum atomic E-state index is 11.9. The van der Waals surface area contributed by atoms with Gasteiger partial charge in [0.2, 0.25) is 0 Å². The predicted molar refractivity (Wildman–Crippen MR) is 76.7 cm³/mol. The van der Waals surface area contributed by atoms with Crippen molar-refractivity contribution < 1.29 is 9.21 Å². The largest absolute Gasteiger partial charge is 0.465 e. The first-order valence-electron chi connectivity index (χ1n) is 6.57. The zero-order chi connectivity index (χ0) is 13.2. The topological polar surface area (TPSA) is 45.8 Å². The van der Waals surface area contributed by atoms with Crippen LogP contribution in [-0.4, -0.2) is 28.6 Å². The lowest BCUT2D eigenvalue weighted by Gasteiger charge is -2.34. The molecule has 0 bridgehead atoms. The number of amidine groups is 1. The molecule has 5 heteroatoms. The number of piperidine rings is 1. The van der Waals surface area contributed by atoms with Crippen LogP contribution in [0.15, 0.2) is 32.7 Å². The highest BCUT2D eigenvalue weighted by Crippen LogP contribution is 2.32. The second-order valence-electron chi connectivity index (χ2n) is 4.86. The van der Waals surface area contributed by atoms with Crippen molar-refractivity contribution in [2.24, 2.45) is 4.99 Å². The van der Waals surface area contributed by atoms with Gasteiger partial charge in [0.15, 0.2) is 5.17 Å². The summed E-state index contributed by atoms with van der Waals surface area (Å²) in [4.78, 5) is 19.0. The Balaban J connectivity index is 1.76. The van der Waals surface area contributed by atoms with Gasteiger partial charge in [-0.2, -0.15) is 4.99 Å². The SMILES string of the molecule is C[C@H]1CCCCN1C1=NC(=O)/C(=C\c2ccco2)S1. The second-order valence-corrected chi connectivity index (χ2v) is 5.87. The highest BCUT2D eigenvalue weighted by molar-refractivity contribution is 8.18. The molecule has 100 valence electrons. The third-order valence-electron chi connectivity index (χ3n) is 3.47. The van der Waals surface area contributed by atoms with Crippen molar-refractivity contribution in [3.63, 3.8) is 0 Å². The van der Waals surface area contributed by atoms with E-state index in [9.17, 15) is 4.79 Å². The minimum atomic E-state index is -0.158. The van der Waals surface area contributed by atoms with Crippen LogP contribution in [0.1, 0.15) is 31.9 Å². The van der Waals surface area contributed by atoms with Crippen molar-refractivity contribution in [3.05, 3.63) is 29.1 Å². The summed E-state index contributed by atoms with van der Waals surface area (Å²) in [6, 6.07) is 4.11. The first-order valence-corrected chi connectivity index (χ1v) is 7.38. The Labute approximate surface area is 116 Å². The number of furan rings is 1. The van der Waals surface area contributed by atoms with Crippen molar-refractivity contribution in [1.29, 1.82) is 0 Å². The molecule has 1 aromatic rings. The highest BCUT2D eigenvalue weighted by Gasteiger charge is 2.30. The molecule has 2 aliphatic heterocycles. The number of thioether (sulfide) groups is 1. The summed E-state index contributed by atoms with van der Waals surface area (Å²) in [5, 5.41) is 0.843. The monoisotopic (exact) mass is 276 g/mol. The molecule has 1 saturated heterocycles. The number of likely N-dealkylation sites (tertiary alicyclic amines) is 1. The molecule has 4 nitrogen and oxygen atoms in total. The highest BCUT2D eigenvalue weighted by atomic mass is 32.2. The number of aliphatic imine (C=N–C) groups is 1. The summed E-state index contributed by atoms with van der Waals surface area (Å²) in [5.74, 6) is 0.535. The van der Waals surface area contributed by atoms with E-state index in [0.29, 0.717) is 16.7 Å². The molecule has 1 fully saturated rings. The summed E-state index contributed by atoms with van der Waals surface area (Å²) >= 11 is 1.45. The van der Waals surface area contributed by atoms with E-state index in [1.165, 1.54) is 31.0 Å². The van der Waals surface area contributed by atoms with Crippen molar-refractivity contribution in [1.82, 2.24) is 4.90 Å². The molecule has 1 aromatic heterocycles. The molecular formula is C14H16N2O2S. The fourth-order valence-electron chi connectivity index (χ4n) is 2.41. The molecule has 2 aliphatic rings. The number of carbonyl (C=O) groups excluding carboxylic acids is 1. The van der Waals surface area contributed by atoms with Crippen molar-refractivity contribution in [2.75, 3.05) is 6.54 Å². The van der Waals surface area contributed by atoms with Crippen LogP contribution < -0.4 is 0 Å². The van der Waals surface area contributed by atoms with Gasteiger partial charge in [-0.1, -0.05) is 0 Å². The fraction of sp³-hybridized carbons (Fsp3) is 0.429. The van der Waals surface area contributed by atoms with Crippen molar-refractivity contribution in [2.45, 2.75) is 32.2 Å². The van der Waals surface area contributed by atoms with Crippen LogP contribution in [0.3, 0.4) is 0 Å². The number of nitrogens with zero attached hydrogens (tertiary/aromatic N) is 2. The van der Waals surface area contributed by atoms with E-state index >= 15 is 0 Å². The third-order valence-corrected chi connectivity index (χ3v) is 4.50. The van der Waals surface area contributed by atoms with E-state index < -0.39 is 0 Å². The van der Waals surface area contributed by atoms with Crippen LogP contribution in [-0.2, 0) is 4.79 Å². The standard InChI is InChI=1S/C14H16N2O2S/c1-10-5-2-3-7-16(10)14-15-13(17)12(19-14)9-11-6-4-8-18-11/h4,6,8-10H,2-3,5,7H2,1H3/b12-9+/t10-/m0/s1. The number of hydrogen-bond donors (Lipinski definition) is 0. The Morgan fingerprint density at radius 2 is 2.42 bits per heavy atom. The van der Waals surface area contributed by atoms with Crippen molar-refractivity contribution >= 4 is 28.9 Å². The molecule has 1 amide bonds. The van der Waals surface area contributed by atoms with Crippen LogP contribution in [0.2, 0.25) is 0 Å². The molecule has 3 heterocycles. The van der Waals surface area contributed by atoms with Crippen LogP contribution >= 0.6 is 11.8 Å². The summed E-state index contributed by atoms with van der Waals surface area (Å²) < 4.78 is 5.24. The summed E-state index contributed by atoms with van der Waals surface area (Å²) in [7, 11) is 0. The summed E-state index contributed by atoms with van der Waals surface area (Å²) in [6.45, 7) is 3.19. The minimum Gasteiger partial charge on any atom is -0.465 e. The van der Waals surface area contributed by atoms with E-state index in [0.717, 1.165) is 11.7 Å². The first kappa shape index (κ1) is 12.5. The van der Waals surface area contributed by atoms with Gasteiger partial charge in [0.1, 0.15) is 5.76 Å². The van der Waals surface area contributed by atoms with Crippen molar-refractivity contribution in [3.8, 4) is 0 Å². The Morgan fingerprint density at radius 3 is 3.16 bits per heavy atom. The zero-order valence-corrected chi connectivity index (χ0v) is 11.7. The van der Waals surface area contributed by atoms with Crippen LogP contribution in [0.5, 0.6) is 0 Å². The van der Waals surface area contributed by atoms with Gasteiger partial charge in [0.25, 0.3) is 5.91 Å². The normalized spacial score (nSPS) is 26.1. The average Bonchev–Trinajstić information content (AvgIpc) is 3.02. The number of carbonyl (C=O) groups is 1. The summed E-state index contributed by atoms with van der Waals surface area (Å²) in [5.41, 5.74) is 0. The Hall–Kier alpha value is -1.49. The molecule has 0 radical (unpaired) electrons. The number of hydrogen-bond acceptors (Lipinski definition) is 4. The van der Waals surface area contributed by atoms with E-state index in [-0.39, 0.29) is 5.91 Å². The van der Waals surface area contributed by atoms with Gasteiger partial charge in [0.05, 0.1) is 11.2 Å². The van der Waals surface area contributed by atoms with Crippen LogP contribution in [0.25, 0.3) is 6.08 Å². The Morgan fingerprint density at radius 1 is 1.53 bits per heavy atom. The van der Waals surface area contributed by atoms with Gasteiger partial charge in [-0.15, -0.1) is 0 Å². The Bertz CT molecular complexity index is 534. The number of rotatable bonds is 1. The van der Waals surface area contributed by atoms with Gasteiger partial charge in [-0.25, -0.2) is 0 Å². The van der Waals surface area contributed by atoms with Gasteiger partial charge < -0.3 is 9.32 Å². The molecule has 0 N–H and O–H groups in total. The molecule has 0 aliphatic carbocycles. The number of amides is 1.